The molecule has 1 saturated heterocycles. The first-order chi connectivity index (χ1) is 8.56. The molecule has 0 aromatic heterocycles. The number of halogens is 1. The molecule has 5 nitrogen and oxygen atoms in total. The average Bonchev–Trinajstić information content (AvgIpc) is 2.23. The van der Waals surface area contributed by atoms with Crippen LogP contribution in [0.5, 0.6) is 0 Å². The molecule has 0 atom stereocenters. The van der Waals surface area contributed by atoms with Crippen molar-refractivity contribution in [2.75, 3.05) is 18.4 Å². The van der Waals surface area contributed by atoms with Gasteiger partial charge in [0.1, 0.15) is 0 Å². The van der Waals surface area contributed by atoms with Crippen LogP contribution < -0.4 is 10.6 Å². The predicted molar refractivity (Wildman–Crippen MR) is 68.0 cm³/mol. The maximum Gasteiger partial charge on any atom is 0.337 e. The van der Waals surface area contributed by atoms with Gasteiger partial charge >= 0.3 is 5.97 Å². The van der Waals surface area contributed by atoms with Crippen LogP contribution in [0.3, 0.4) is 0 Å². The van der Waals surface area contributed by atoms with E-state index in [9.17, 15) is 9.59 Å². The van der Waals surface area contributed by atoms with Crippen molar-refractivity contribution in [3.63, 3.8) is 0 Å². The van der Waals surface area contributed by atoms with Crippen LogP contribution in [0.25, 0.3) is 0 Å². The summed E-state index contributed by atoms with van der Waals surface area (Å²) in [7, 11) is 0. The summed E-state index contributed by atoms with van der Waals surface area (Å²) >= 11 is 5.81. The topological polar surface area (TPSA) is 78.4 Å². The number of benzene rings is 1. The maximum absolute atomic E-state index is 11.6. The Bertz CT molecular complexity index is 486. The summed E-state index contributed by atoms with van der Waals surface area (Å²) in [6, 6.07) is 4.36. The Morgan fingerprint density at radius 2 is 2.17 bits per heavy atom. The van der Waals surface area contributed by atoms with Crippen LogP contribution in [-0.2, 0) is 4.79 Å². The van der Waals surface area contributed by atoms with Gasteiger partial charge in [-0.1, -0.05) is 11.6 Å². The predicted octanol–water partition coefficient (Wildman–Crippen LogP) is 1.59. The maximum atomic E-state index is 11.6. The van der Waals surface area contributed by atoms with Crippen molar-refractivity contribution in [1.82, 2.24) is 5.32 Å². The number of nitrogens with one attached hydrogen (secondary N) is 2. The molecule has 0 saturated carbocycles. The number of aromatic carboxylic acids is 1. The third-order valence-corrected chi connectivity index (χ3v) is 3.14. The Hall–Kier alpha value is -1.59. The molecule has 0 spiro atoms. The van der Waals surface area contributed by atoms with Crippen LogP contribution in [-0.4, -0.2) is 30.1 Å². The highest BCUT2D eigenvalue weighted by atomic mass is 35.5. The van der Waals surface area contributed by atoms with Crippen molar-refractivity contribution in [3.8, 4) is 0 Å². The molecule has 0 radical (unpaired) electrons. The lowest BCUT2D eigenvalue weighted by atomic mass is 9.99. The summed E-state index contributed by atoms with van der Waals surface area (Å²) in [4.78, 5) is 22.4. The molecule has 0 bridgehead atoms. The van der Waals surface area contributed by atoms with Crippen molar-refractivity contribution in [3.05, 3.63) is 28.8 Å². The highest BCUT2D eigenvalue weighted by molar-refractivity contribution is 6.33. The minimum atomic E-state index is -1.08. The number of hydrogen-bond donors (Lipinski definition) is 3. The van der Waals surface area contributed by atoms with Gasteiger partial charge in [-0.05, 0) is 37.2 Å². The quantitative estimate of drug-likeness (QED) is 0.775. The van der Waals surface area contributed by atoms with Crippen molar-refractivity contribution in [2.45, 2.75) is 6.42 Å². The molecule has 1 amide bonds. The first-order valence-corrected chi connectivity index (χ1v) is 5.97. The molecule has 1 aromatic rings. The van der Waals surface area contributed by atoms with Crippen LogP contribution in [0.1, 0.15) is 16.8 Å². The second kappa shape index (κ2) is 5.37. The standard InChI is InChI=1S/C12H13ClN2O3/c13-10-4-8(1-2-9(10)12(17)18)15-11(16)3-7-5-14-6-7/h1-2,4,7,14H,3,5-6H2,(H,15,16)(H,17,18). The summed E-state index contributed by atoms with van der Waals surface area (Å²) in [5, 5.41) is 14.7. The Kier molecular flexibility index (Phi) is 3.84. The molecule has 0 unspecified atom stereocenters. The van der Waals surface area contributed by atoms with Crippen LogP contribution in [0.2, 0.25) is 5.02 Å². The number of carbonyl (C=O) groups is 2. The molecule has 96 valence electrons. The molecule has 3 N–H and O–H groups in total. The minimum Gasteiger partial charge on any atom is -0.478 e. The van der Waals surface area contributed by atoms with E-state index in [0.717, 1.165) is 13.1 Å². The molecule has 1 fully saturated rings. The van der Waals surface area contributed by atoms with Gasteiger partial charge in [0.2, 0.25) is 5.91 Å². The van der Waals surface area contributed by atoms with Gasteiger partial charge < -0.3 is 15.7 Å². The smallest absolute Gasteiger partial charge is 0.337 e. The second-order valence-electron chi connectivity index (χ2n) is 4.28. The number of hydrogen-bond acceptors (Lipinski definition) is 3. The number of carbonyl (C=O) groups excluding carboxylic acids is 1. The lowest BCUT2D eigenvalue weighted by molar-refractivity contribution is -0.117. The Labute approximate surface area is 109 Å². The number of carboxylic acids is 1. The van der Waals surface area contributed by atoms with E-state index in [1.807, 2.05) is 0 Å². The molecular weight excluding hydrogens is 256 g/mol. The summed E-state index contributed by atoms with van der Waals surface area (Å²) in [5.74, 6) is -0.780. The Morgan fingerprint density at radius 1 is 1.44 bits per heavy atom. The normalized spacial score (nSPS) is 14.9. The van der Waals surface area contributed by atoms with E-state index in [1.54, 1.807) is 0 Å². The van der Waals surface area contributed by atoms with Gasteiger partial charge in [0.15, 0.2) is 0 Å². The van der Waals surface area contributed by atoms with Crippen molar-refractivity contribution in [2.24, 2.45) is 5.92 Å². The fourth-order valence-electron chi connectivity index (χ4n) is 1.73. The van der Waals surface area contributed by atoms with Gasteiger partial charge in [0, 0.05) is 12.1 Å². The first-order valence-electron chi connectivity index (χ1n) is 5.59. The van der Waals surface area contributed by atoms with Crippen molar-refractivity contribution < 1.29 is 14.7 Å². The Balaban J connectivity index is 1.98. The van der Waals surface area contributed by atoms with Gasteiger partial charge in [-0.2, -0.15) is 0 Å². The number of carboxylic acid groups (broad SMARTS) is 1. The summed E-state index contributed by atoms with van der Waals surface area (Å²) in [5.41, 5.74) is 0.542. The number of amides is 1. The largest absolute Gasteiger partial charge is 0.478 e. The first kappa shape index (κ1) is 12.9. The molecular formula is C12H13ClN2O3. The summed E-state index contributed by atoms with van der Waals surface area (Å²) < 4.78 is 0. The molecule has 18 heavy (non-hydrogen) atoms. The zero-order valence-corrected chi connectivity index (χ0v) is 10.3. The minimum absolute atomic E-state index is 0.0258. The van der Waals surface area contributed by atoms with E-state index in [2.05, 4.69) is 10.6 Å². The van der Waals surface area contributed by atoms with E-state index in [1.165, 1.54) is 18.2 Å². The lowest BCUT2D eigenvalue weighted by Crippen LogP contribution is -2.43. The zero-order chi connectivity index (χ0) is 13.1. The average molecular weight is 269 g/mol. The lowest BCUT2D eigenvalue weighted by Gasteiger charge is -2.26. The van der Waals surface area contributed by atoms with Gasteiger partial charge in [-0.3, -0.25) is 4.79 Å². The molecule has 0 aliphatic carbocycles. The fraction of sp³-hybridized carbons (Fsp3) is 0.333. The number of anilines is 1. The van der Waals surface area contributed by atoms with Crippen LogP contribution >= 0.6 is 11.6 Å². The third kappa shape index (κ3) is 3.00. The number of rotatable bonds is 4. The fourth-order valence-corrected chi connectivity index (χ4v) is 1.99. The molecule has 2 rings (SSSR count). The second-order valence-corrected chi connectivity index (χ2v) is 4.68. The van der Waals surface area contributed by atoms with E-state index in [-0.39, 0.29) is 16.5 Å². The highest BCUT2D eigenvalue weighted by Gasteiger charge is 2.20. The molecule has 1 aliphatic rings. The summed E-state index contributed by atoms with van der Waals surface area (Å²) in [6.45, 7) is 1.73. The van der Waals surface area contributed by atoms with E-state index in [0.29, 0.717) is 18.0 Å². The van der Waals surface area contributed by atoms with E-state index >= 15 is 0 Å². The van der Waals surface area contributed by atoms with E-state index in [4.69, 9.17) is 16.7 Å². The SMILES string of the molecule is O=C(CC1CNC1)Nc1ccc(C(=O)O)c(Cl)c1. The van der Waals surface area contributed by atoms with Crippen LogP contribution in [0.15, 0.2) is 18.2 Å². The molecule has 1 heterocycles. The van der Waals surface area contributed by atoms with Gasteiger partial charge in [0.05, 0.1) is 10.6 Å². The van der Waals surface area contributed by atoms with Crippen molar-refractivity contribution in [1.29, 1.82) is 0 Å². The zero-order valence-electron chi connectivity index (χ0n) is 9.57. The summed E-state index contributed by atoms with van der Waals surface area (Å²) in [6.07, 6.45) is 0.464. The monoisotopic (exact) mass is 268 g/mol. The van der Waals surface area contributed by atoms with Crippen LogP contribution in [0, 0.1) is 5.92 Å². The van der Waals surface area contributed by atoms with Gasteiger partial charge in [-0.15, -0.1) is 0 Å². The van der Waals surface area contributed by atoms with E-state index < -0.39 is 5.97 Å². The van der Waals surface area contributed by atoms with Crippen molar-refractivity contribution >= 4 is 29.2 Å². The Morgan fingerprint density at radius 3 is 2.67 bits per heavy atom. The van der Waals surface area contributed by atoms with Gasteiger partial charge in [-0.25, -0.2) is 4.79 Å². The highest BCUT2D eigenvalue weighted by Crippen LogP contribution is 2.21. The molecule has 1 aliphatic heterocycles. The molecule has 6 heteroatoms. The molecule has 1 aromatic carbocycles. The van der Waals surface area contributed by atoms with Crippen LogP contribution in [0.4, 0.5) is 5.69 Å². The third-order valence-electron chi connectivity index (χ3n) is 2.82. The van der Waals surface area contributed by atoms with Gasteiger partial charge in [0.25, 0.3) is 0 Å².